The molecule has 1 saturated heterocycles. The van der Waals surface area contributed by atoms with E-state index >= 15 is 0 Å². The van der Waals surface area contributed by atoms with E-state index in [2.05, 4.69) is 9.80 Å². The number of nitrogens with zero attached hydrogens (tertiary/aromatic N) is 2. The van der Waals surface area contributed by atoms with Crippen LogP contribution in [-0.2, 0) is 13.0 Å². The Morgan fingerprint density at radius 1 is 1.19 bits per heavy atom. The van der Waals surface area contributed by atoms with Gasteiger partial charge < -0.3 is 0 Å². The Balaban J connectivity index is 1.38. The van der Waals surface area contributed by atoms with Crippen molar-refractivity contribution in [2.45, 2.75) is 75.5 Å². The van der Waals surface area contributed by atoms with Gasteiger partial charge in [0.25, 0.3) is 5.91 Å². The van der Waals surface area contributed by atoms with Crippen LogP contribution in [0.1, 0.15) is 66.4 Å². The Morgan fingerprint density at radius 3 is 2.74 bits per heavy atom. The van der Waals surface area contributed by atoms with Crippen molar-refractivity contribution in [2.75, 3.05) is 13.1 Å². The lowest BCUT2D eigenvalue weighted by Crippen LogP contribution is -2.70. The lowest BCUT2D eigenvalue weighted by atomic mass is 9.64. The molecular weight excluding hydrogens is 345 g/mol. The van der Waals surface area contributed by atoms with Crippen molar-refractivity contribution in [2.24, 2.45) is 0 Å². The van der Waals surface area contributed by atoms with E-state index in [0.29, 0.717) is 18.1 Å². The van der Waals surface area contributed by atoms with Gasteiger partial charge in [-0.15, -0.1) is 0 Å². The predicted molar refractivity (Wildman–Crippen MR) is 99.1 cm³/mol. The zero-order valence-corrected chi connectivity index (χ0v) is 15.7. The number of hydrogen-bond donors (Lipinski definition) is 2. The summed E-state index contributed by atoms with van der Waals surface area (Å²) in [7, 11) is 0. The number of carbonyl (C=O) groups excluding carboxylic acids is 1. The van der Waals surface area contributed by atoms with Crippen LogP contribution in [-0.4, -0.2) is 51.6 Å². The second-order valence-electron chi connectivity index (χ2n) is 8.80. The Labute approximate surface area is 159 Å². The molecule has 2 N–H and O–H groups in total. The summed E-state index contributed by atoms with van der Waals surface area (Å²) in [5, 5.41) is 8.82. The number of halogens is 1. The normalized spacial score (nSPS) is 31.4. The molecule has 1 amide bonds. The number of piperidine rings is 1. The van der Waals surface area contributed by atoms with Gasteiger partial charge in [0.1, 0.15) is 5.82 Å². The number of rotatable bonds is 3. The van der Waals surface area contributed by atoms with Crippen molar-refractivity contribution in [3.8, 4) is 0 Å². The fourth-order valence-corrected chi connectivity index (χ4v) is 5.87. The van der Waals surface area contributed by atoms with Crippen LogP contribution in [0.3, 0.4) is 0 Å². The van der Waals surface area contributed by atoms with E-state index < -0.39 is 5.91 Å². The molecule has 0 aromatic heterocycles. The van der Waals surface area contributed by atoms with E-state index in [1.807, 2.05) is 0 Å². The molecule has 3 fully saturated rings. The summed E-state index contributed by atoms with van der Waals surface area (Å²) in [6.07, 6.45) is 9.88. The van der Waals surface area contributed by atoms with E-state index in [1.54, 1.807) is 11.5 Å². The number of amides is 1. The van der Waals surface area contributed by atoms with Crippen LogP contribution in [0, 0.1) is 5.82 Å². The van der Waals surface area contributed by atoms with E-state index in [9.17, 15) is 9.18 Å². The summed E-state index contributed by atoms with van der Waals surface area (Å²) in [5.74, 6) is -0.980. The summed E-state index contributed by atoms with van der Waals surface area (Å²) in [6.45, 7) is 2.79. The average Bonchev–Trinajstić information content (AvgIpc) is 3.52. The third-order valence-corrected chi connectivity index (χ3v) is 7.41. The van der Waals surface area contributed by atoms with Gasteiger partial charge in [-0.1, -0.05) is 6.42 Å². The minimum atomic E-state index is -0.653. The molecular formula is C21H28FN3O2. The zero-order chi connectivity index (χ0) is 18.6. The Kier molecular flexibility index (Phi) is 4.26. The predicted octanol–water partition coefficient (Wildman–Crippen LogP) is 2.85. The number of carbonyl (C=O) groups is 1. The third-order valence-electron chi connectivity index (χ3n) is 7.41. The topological polar surface area (TPSA) is 55.8 Å². The number of hydrogen-bond acceptors (Lipinski definition) is 4. The quantitative estimate of drug-likeness (QED) is 0.632. The highest BCUT2D eigenvalue weighted by atomic mass is 19.1. The largest absolute Gasteiger partial charge is 0.294 e. The molecule has 2 saturated carbocycles. The van der Waals surface area contributed by atoms with Gasteiger partial charge in [0.2, 0.25) is 0 Å². The molecule has 146 valence electrons. The smallest absolute Gasteiger partial charge is 0.274 e. The minimum absolute atomic E-state index is 0.189. The molecule has 0 unspecified atom stereocenters. The standard InChI is InChI=1S/C21H28FN3O2/c22-18-12-15(20(26)23-27)11-14-6-10-24(13-17(14)18)19-5-8-21(19)7-1-2-9-25(21)16-3-4-16/h11-12,16,19,27H,1-10,13H2,(H,23,26)/t19-,21-/m1/s1. The first-order valence-electron chi connectivity index (χ1n) is 10.4. The highest BCUT2D eigenvalue weighted by molar-refractivity contribution is 5.93. The molecule has 2 atom stereocenters. The third kappa shape index (κ3) is 2.80. The minimum Gasteiger partial charge on any atom is -0.294 e. The van der Waals surface area contributed by atoms with Crippen LogP contribution in [0.25, 0.3) is 0 Å². The van der Waals surface area contributed by atoms with Crippen molar-refractivity contribution in [1.29, 1.82) is 0 Å². The van der Waals surface area contributed by atoms with Crippen molar-refractivity contribution >= 4 is 5.91 Å². The van der Waals surface area contributed by atoms with Crippen LogP contribution in [0.5, 0.6) is 0 Å². The van der Waals surface area contributed by atoms with Gasteiger partial charge in [-0.25, -0.2) is 9.87 Å². The molecule has 2 aliphatic heterocycles. The van der Waals surface area contributed by atoms with Crippen molar-refractivity contribution in [3.05, 3.63) is 34.6 Å². The van der Waals surface area contributed by atoms with Gasteiger partial charge >= 0.3 is 0 Å². The van der Waals surface area contributed by atoms with E-state index in [4.69, 9.17) is 5.21 Å². The second-order valence-corrected chi connectivity index (χ2v) is 8.80. The lowest BCUT2D eigenvalue weighted by Gasteiger charge is -2.62. The first-order chi connectivity index (χ1) is 13.1. The maximum atomic E-state index is 14.7. The molecule has 0 radical (unpaired) electrons. The zero-order valence-electron chi connectivity index (χ0n) is 15.7. The van der Waals surface area contributed by atoms with Crippen LogP contribution in [0.2, 0.25) is 0 Å². The molecule has 5 nitrogen and oxygen atoms in total. The van der Waals surface area contributed by atoms with Gasteiger partial charge in [0.15, 0.2) is 0 Å². The van der Waals surface area contributed by atoms with Gasteiger partial charge in [0.05, 0.1) is 0 Å². The summed E-state index contributed by atoms with van der Waals surface area (Å²) < 4.78 is 14.7. The first kappa shape index (κ1) is 17.6. The molecule has 1 spiro atoms. The Bertz CT molecular complexity index is 766. The van der Waals surface area contributed by atoms with E-state index in [1.165, 1.54) is 57.6 Å². The maximum absolute atomic E-state index is 14.7. The van der Waals surface area contributed by atoms with Crippen LogP contribution >= 0.6 is 0 Å². The fourth-order valence-electron chi connectivity index (χ4n) is 5.87. The van der Waals surface area contributed by atoms with Crippen molar-refractivity contribution < 1.29 is 14.4 Å². The SMILES string of the molecule is O=C(NO)c1cc(F)c2c(c1)CCN([C@@H]1CC[C@]13CCCCN3C1CC1)C2. The Morgan fingerprint density at radius 2 is 2.04 bits per heavy atom. The Hall–Kier alpha value is -1.50. The summed E-state index contributed by atoms with van der Waals surface area (Å²) in [6, 6.07) is 4.31. The lowest BCUT2D eigenvalue weighted by molar-refractivity contribution is -0.104. The molecule has 1 aromatic carbocycles. The van der Waals surface area contributed by atoms with E-state index in [-0.39, 0.29) is 11.4 Å². The highest BCUT2D eigenvalue weighted by Gasteiger charge is 2.56. The number of fused-ring (bicyclic) bond motifs is 1. The average molecular weight is 373 g/mol. The molecule has 0 bridgehead atoms. The number of benzene rings is 1. The van der Waals surface area contributed by atoms with E-state index in [0.717, 1.165) is 30.1 Å². The van der Waals surface area contributed by atoms with Gasteiger partial charge in [-0.2, -0.15) is 0 Å². The summed E-state index contributed by atoms with van der Waals surface area (Å²) >= 11 is 0. The highest BCUT2D eigenvalue weighted by Crippen LogP contribution is 2.51. The molecule has 5 rings (SSSR count). The number of likely N-dealkylation sites (tertiary alicyclic amines) is 1. The molecule has 6 heteroatoms. The maximum Gasteiger partial charge on any atom is 0.274 e. The molecule has 1 aromatic rings. The second kappa shape index (κ2) is 6.54. The van der Waals surface area contributed by atoms with Gasteiger partial charge in [-0.05, 0) is 69.2 Å². The van der Waals surface area contributed by atoms with Crippen LogP contribution in [0.15, 0.2) is 12.1 Å². The molecule has 27 heavy (non-hydrogen) atoms. The summed E-state index contributed by atoms with van der Waals surface area (Å²) in [4.78, 5) is 17.0. The molecule has 4 aliphatic rings. The van der Waals surface area contributed by atoms with Crippen molar-refractivity contribution in [3.63, 3.8) is 0 Å². The van der Waals surface area contributed by atoms with Gasteiger partial charge in [-0.3, -0.25) is 19.8 Å². The monoisotopic (exact) mass is 373 g/mol. The molecule has 2 heterocycles. The molecule has 2 aliphatic carbocycles. The first-order valence-corrected chi connectivity index (χ1v) is 10.4. The van der Waals surface area contributed by atoms with Gasteiger partial charge in [0, 0.05) is 41.8 Å². The van der Waals surface area contributed by atoms with Crippen LogP contribution < -0.4 is 5.48 Å². The fraction of sp³-hybridized carbons (Fsp3) is 0.667. The number of nitrogens with one attached hydrogen (secondary N) is 1. The van der Waals surface area contributed by atoms with Crippen LogP contribution in [0.4, 0.5) is 4.39 Å². The van der Waals surface area contributed by atoms with Crippen molar-refractivity contribution in [1.82, 2.24) is 15.3 Å². The number of hydroxylamine groups is 1. The summed E-state index contributed by atoms with van der Waals surface area (Å²) in [5.41, 5.74) is 3.74.